The Labute approximate surface area is 126 Å². The highest BCUT2D eigenvalue weighted by atomic mass is 79.9. The van der Waals surface area contributed by atoms with E-state index in [1.807, 2.05) is 37.4 Å². The van der Waals surface area contributed by atoms with Gasteiger partial charge in [0.15, 0.2) is 0 Å². The summed E-state index contributed by atoms with van der Waals surface area (Å²) in [5.74, 6) is 2.44. The number of nitrogens with zero attached hydrogens (tertiary/aromatic N) is 2. The molecule has 0 aliphatic carbocycles. The molecule has 0 amide bonds. The standard InChI is InChI=1S/C14H17BrN4O/c1-16-13-12(15)14(19-10-18-13)17-8-5-9-20-11-6-3-2-4-7-11/h2-4,6-7,10H,5,8-9H2,1H3,(H2,16,17,18,19). The zero-order chi connectivity index (χ0) is 14.2. The van der Waals surface area contributed by atoms with Crippen LogP contribution in [0.2, 0.25) is 0 Å². The van der Waals surface area contributed by atoms with Gasteiger partial charge in [0, 0.05) is 13.6 Å². The van der Waals surface area contributed by atoms with Crippen molar-refractivity contribution in [1.29, 1.82) is 0 Å². The third kappa shape index (κ3) is 4.09. The second-order valence-corrected chi connectivity index (χ2v) is 4.87. The molecular weight excluding hydrogens is 320 g/mol. The molecule has 6 heteroatoms. The Morgan fingerprint density at radius 2 is 1.90 bits per heavy atom. The Morgan fingerprint density at radius 1 is 1.15 bits per heavy atom. The van der Waals surface area contributed by atoms with Gasteiger partial charge in [-0.3, -0.25) is 0 Å². The Morgan fingerprint density at radius 3 is 2.65 bits per heavy atom. The number of para-hydroxylation sites is 1. The highest BCUT2D eigenvalue weighted by Crippen LogP contribution is 2.25. The van der Waals surface area contributed by atoms with Crippen LogP contribution in [-0.2, 0) is 0 Å². The van der Waals surface area contributed by atoms with Crippen molar-refractivity contribution in [3.8, 4) is 5.75 Å². The van der Waals surface area contributed by atoms with Gasteiger partial charge < -0.3 is 15.4 Å². The second kappa shape index (κ2) is 7.69. The van der Waals surface area contributed by atoms with E-state index in [4.69, 9.17) is 4.74 Å². The van der Waals surface area contributed by atoms with Crippen LogP contribution in [0.1, 0.15) is 6.42 Å². The Kier molecular flexibility index (Phi) is 5.61. The van der Waals surface area contributed by atoms with Crippen molar-refractivity contribution in [3.63, 3.8) is 0 Å². The van der Waals surface area contributed by atoms with Gasteiger partial charge in [-0.1, -0.05) is 18.2 Å². The van der Waals surface area contributed by atoms with E-state index in [0.717, 1.165) is 34.8 Å². The molecule has 0 unspecified atom stereocenters. The zero-order valence-electron chi connectivity index (χ0n) is 11.3. The minimum atomic E-state index is 0.665. The summed E-state index contributed by atoms with van der Waals surface area (Å²) in [6.07, 6.45) is 2.42. The highest BCUT2D eigenvalue weighted by Gasteiger charge is 2.06. The summed E-state index contributed by atoms with van der Waals surface area (Å²) in [5, 5.41) is 6.25. The Balaban J connectivity index is 1.74. The summed E-state index contributed by atoms with van der Waals surface area (Å²) in [5.41, 5.74) is 0. The molecule has 0 fully saturated rings. The van der Waals surface area contributed by atoms with Crippen molar-refractivity contribution in [2.45, 2.75) is 6.42 Å². The van der Waals surface area contributed by atoms with Crippen LogP contribution in [0, 0.1) is 0 Å². The minimum Gasteiger partial charge on any atom is -0.494 e. The van der Waals surface area contributed by atoms with Crippen molar-refractivity contribution < 1.29 is 4.74 Å². The van der Waals surface area contributed by atoms with Gasteiger partial charge in [0.25, 0.3) is 0 Å². The van der Waals surface area contributed by atoms with Gasteiger partial charge in [-0.2, -0.15) is 0 Å². The molecule has 0 saturated carbocycles. The highest BCUT2D eigenvalue weighted by molar-refractivity contribution is 9.10. The first-order chi connectivity index (χ1) is 9.81. The minimum absolute atomic E-state index is 0.665. The third-order valence-corrected chi connectivity index (χ3v) is 3.40. The summed E-state index contributed by atoms with van der Waals surface area (Å²) < 4.78 is 6.46. The molecular formula is C14H17BrN4O. The average Bonchev–Trinajstić information content (AvgIpc) is 2.49. The van der Waals surface area contributed by atoms with Gasteiger partial charge in [-0.25, -0.2) is 9.97 Å². The number of nitrogens with one attached hydrogen (secondary N) is 2. The summed E-state index contributed by atoms with van der Waals surface area (Å²) >= 11 is 3.47. The lowest BCUT2D eigenvalue weighted by atomic mass is 10.3. The van der Waals surface area contributed by atoms with E-state index >= 15 is 0 Å². The second-order valence-electron chi connectivity index (χ2n) is 4.08. The molecule has 0 bridgehead atoms. The molecule has 0 saturated heterocycles. The number of benzene rings is 1. The number of hydrogen-bond acceptors (Lipinski definition) is 5. The fourth-order valence-corrected chi connectivity index (χ4v) is 2.20. The molecule has 0 spiro atoms. The molecule has 2 N–H and O–H groups in total. The smallest absolute Gasteiger partial charge is 0.145 e. The van der Waals surface area contributed by atoms with Crippen molar-refractivity contribution in [2.75, 3.05) is 30.8 Å². The molecule has 5 nitrogen and oxygen atoms in total. The maximum absolute atomic E-state index is 5.62. The predicted molar refractivity (Wildman–Crippen MR) is 84.3 cm³/mol. The van der Waals surface area contributed by atoms with E-state index in [2.05, 4.69) is 36.5 Å². The first-order valence-electron chi connectivity index (χ1n) is 6.41. The molecule has 1 heterocycles. The largest absolute Gasteiger partial charge is 0.494 e. The fraction of sp³-hybridized carbons (Fsp3) is 0.286. The van der Waals surface area contributed by atoms with Crippen LogP contribution >= 0.6 is 15.9 Å². The van der Waals surface area contributed by atoms with Crippen LogP contribution in [0.25, 0.3) is 0 Å². The molecule has 2 rings (SSSR count). The van der Waals surface area contributed by atoms with E-state index in [1.165, 1.54) is 6.33 Å². The normalized spacial score (nSPS) is 10.1. The quantitative estimate of drug-likeness (QED) is 0.760. The van der Waals surface area contributed by atoms with Gasteiger partial charge in [0.05, 0.1) is 6.61 Å². The number of halogens is 1. The van der Waals surface area contributed by atoms with Crippen molar-refractivity contribution in [2.24, 2.45) is 0 Å². The van der Waals surface area contributed by atoms with Crippen LogP contribution in [0.5, 0.6) is 5.75 Å². The molecule has 0 atom stereocenters. The van der Waals surface area contributed by atoms with Gasteiger partial charge in [0.2, 0.25) is 0 Å². The third-order valence-electron chi connectivity index (χ3n) is 2.65. The van der Waals surface area contributed by atoms with Crippen molar-refractivity contribution in [1.82, 2.24) is 9.97 Å². The first-order valence-corrected chi connectivity index (χ1v) is 7.20. The molecule has 1 aromatic carbocycles. The predicted octanol–water partition coefficient (Wildman–Crippen LogP) is 3.16. The summed E-state index contributed by atoms with van der Waals surface area (Å²) in [6.45, 7) is 1.45. The molecule has 0 aliphatic rings. The molecule has 0 radical (unpaired) electrons. The van der Waals surface area contributed by atoms with E-state index in [0.29, 0.717) is 6.61 Å². The lowest BCUT2D eigenvalue weighted by Gasteiger charge is -2.10. The van der Waals surface area contributed by atoms with Crippen LogP contribution < -0.4 is 15.4 Å². The summed E-state index contributed by atoms with van der Waals surface area (Å²) in [7, 11) is 1.82. The lowest BCUT2D eigenvalue weighted by Crippen LogP contribution is -2.09. The fourth-order valence-electron chi connectivity index (χ4n) is 1.65. The van der Waals surface area contributed by atoms with E-state index < -0.39 is 0 Å². The SMILES string of the molecule is CNc1ncnc(NCCCOc2ccccc2)c1Br. The van der Waals surface area contributed by atoms with Gasteiger partial charge in [-0.15, -0.1) is 0 Å². The van der Waals surface area contributed by atoms with Gasteiger partial charge in [-0.05, 0) is 34.5 Å². The molecule has 2 aromatic rings. The Hall–Kier alpha value is -1.82. The first kappa shape index (κ1) is 14.6. The monoisotopic (exact) mass is 336 g/mol. The average molecular weight is 337 g/mol. The van der Waals surface area contributed by atoms with Crippen molar-refractivity contribution >= 4 is 27.6 Å². The van der Waals surface area contributed by atoms with E-state index in [1.54, 1.807) is 0 Å². The van der Waals surface area contributed by atoms with Crippen molar-refractivity contribution in [3.05, 3.63) is 41.1 Å². The number of ether oxygens (including phenoxy) is 1. The van der Waals surface area contributed by atoms with E-state index in [9.17, 15) is 0 Å². The van der Waals surface area contributed by atoms with Crippen LogP contribution in [0.4, 0.5) is 11.6 Å². The molecule has 106 valence electrons. The van der Waals surface area contributed by atoms with E-state index in [-0.39, 0.29) is 0 Å². The maximum Gasteiger partial charge on any atom is 0.145 e. The molecule has 0 aliphatic heterocycles. The van der Waals surface area contributed by atoms with Crippen LogP contribution in [-0.4, -0.2) is 30.2 Å². The molecule has 20 heavy (non-hydrogen) atoms. The van der Waals surface area contributed by atoms with Gasteiger partial charge >= 0.3 is 0 Å². The number of anilines is 2. The number of aromatic nitrogens is 2. The van der Waals surface area contributed by atoms with Crippen LogP contribution in [0.3, 0.4) is 0 Å². The van der Waals surface area contributed by atoms with Crippen LogP contribution in [0.15, 0.2) is 41.1 Å². The number of hydrogen-bond donors (Lipinski definition) is 2. The molecule has 1 aromatic heterocycles. The van der Waals surface area contributed by atoms with Gasteiger partial charge in [0.1, 0.15) is 28.2 Å². The summed E-state index contributed by atoms with van der Waals surface area (Å²) in [6, 6.07) is 9.80. The number of rotatable bonds is 7. The zero-order valence-corrected chi connectivity index (χ0v) is 12.9. The topological polar surface area (TPSA) is 59.1 Å². The lowest BCUT2D eigenvalue weighted by molar-refractivity contribution is 0.315. The maximum atomic E-state index is 5.62. The Bertz CT molecular complexity index is 536. The summed E-state index contributed by atoms with van der Waals surface area (Å²) in [4.78, 5) is 8.30.